The van der Waals surface area contributed by atoms with E-state index in [0.717, 1.165) is 6.07 Å². The number of piperidine rings is 1. The maximum Gasteiger partial charge on any atom is 0.416 e. The third kappa shape index (κ3) is 5.35. The summed E-state index contributed by atoms with van der Waals surface area (Å²) in [7, 11) is 0. The average Bonchev–Trinajstić information content (AvgIpc) is 2.72. The number of guanidine groups is 1. The second-order valence-electron chi connectivity index (χ2n) is 7.24. The molecule has 0 saturated carbocycles. The highest BCUT2D eigenvalue weighted by Gasteiger charge is 2.37. The van der Waals surface area contributed by atoms with Crippen LogP contribution >= 0.6 is 11.6 Å². The number of halogens is 4. The van der Waals surface area contributed by atoms with Crippen molar-refractivity contribution in [2.45, 2.75) is 24.9 Å². The first-order chi connectivity index (χ1) is 14.6. The minimum Gasteiger partial charge on any atom is -0.370 e. The van der Waals surface area contributed by atoms with Crippen molar-refractivity contribution < 1.29 is 22.8 Å². The molecule has 1 saturated heterocycles. The first-order valence-electron chi connectivity index (χ1n) is 9.47. The van der Waals surface area contributed by atoms with E-state index in [-0.39, 0.29) is 17.0 Å². The van der Waals surface area contributed by atoms with Crippen molar-refractivity contribution >= 4 is 29.4 Å². The molecule has 0 aliphatic carbocycles. The van der Waals surface area contributed by atoms with Crippen LogP contribution in [-0.4, -0.2) is 35.8 Å². The third-order valence-corrected chi connectivity index (χ3v) is 5.40. The zero-order chi connectivity index (χ0) is 22.8. The molecular weight excluding hydrogens is 433 g/mol. The quantitative estimate of drug-likeness (QED) is 0.484. The number of carbonyl (C=O) groups is 2. The van der Waals surface area contributed by atoms with Crippen molar-refractivity contribution in [2.75, 3.05) is 13.1 Å². The first kappa shape index (κ1) is 22.6. The Morgan fingerprint density at radius 3 is 2.35 bits per heavy atom. The fraction of sp³-hybridized carbons (Fsp3) is 0.286. The predicted octanol–water partition coefficient (Wildman–Crippen LogP) is 4.00. The molecule has 2 amide bonds. The summed E-state index contributed by atoms with van der Waals surface area (Å²) in [6.45, 7) is 0.611. The van der Waals surface area contributed by atoms with Crippen LogP contribution in [-0.2, 0) is 6.18 Å². The number of alkyl halides is 3. The molecule has 1 heterocycles. The van der Waals surface area contributed by atoms with Gasteiger partial charge in [0.1, 0.15) is 0 Å². The summed E-state index contributed by atoms with van der Waals surface area (Å²) in [5, 5.41) is 9.48. The van der Waals surface area contributed by atoms with E-state index in [4.69, 9.17) is 22.7 Å². The average molecular weight is 453 g/mol. The molecule has 0 unspecified atom stereocenters. The maximum atomic E-state index is 13.7. The van der Waals surface area contributed by atoms with Crippen molar-refractivity contribution in [3.05, 3.63) is 69.7 Å². The van der Waals surface area contributed by atoms with E-state index in [1.54, 1.807) is 29.2 Å². The van der Waals surface area contributed by atoms with E-state index < -0.39 is 29.5 Å². The highest BCUT2D eigenvalue weighted by atomic mass is 35.5. The molecule has 2 aromatic rings. The van der Waals surface area contributed by atoms with E-state index in [1.807, 2.05) is 5.32 Å². The van der Waals surface area contributed by atoms with Gasteiger partial charge in [-0.15, -0.1) is 0 Å². The zero-order valence-electron chi connectivity index (χ0n) is 16.3. The number of nitrogens with one attached hydrogen (secondary N) is 2. The Balaban J connectivity index is 1.78. The van der Waals surface area contributed by atoms with Gasteiger partial charge in [0.2, 0.25) is 0 Å². The number of carbonyl (C=O) groups excluding carboxylic acids is 2. The van der Waals surface area contributed by atoms with Gasteiger partial charge in [0, 0.05) is 29.2 Å². The molecule has 3 rings (SSSR count). The van der Waals surface area contributed by atoms with Crippen LogP contribution in [0, 0.1) is 5.41 Å². The Kier molecular flexibility index (Phi) is 6.54. The summed E-state index contributed by atoms with van der Waals surface area (Å²) in [5.41, 5.74) is 4.46. The monoisotopic (exact) mass is 452 g/mol. The Bertz CT molecular complexity index is 1020. The molecular formula is C21H20ClF3N4O2. The van der Waals surface area contributed by atoms with E-state index in [1.165, 1.54) is 12.1 Å². The van der Waals surface area contributed by atoms with Crippen molar-refractivity contribution in [3.63, 3.8) is 0 Å². The van der Waals surface area contributed by atoms with Crippen LogP contribution in [0.1, 0.15) is 50.6 Å². The number of nitrogens with zero attached hydrogens (tertiary/aromatic N) is 1. The van der Waals surface area contributed by atoms with Crippen LogP contribution in [0.3, 0.4) is 0 Å². The number of amides is 2. The van der Waals surface area contributed by atoms with Gasteiger partial charge < -0.3 is 10.6 Å². The highest BCUT2D eigenvalue weighted by Crippen LogP contribution is 2.39. The number of likely N-dealkylation sites (tertiary alicyclic amines) is 1. The number of benzene rings is 2. The van der Waals surface area contributed by atoms with Gasteiger partial charge in [0.25, 0.3) is 11.8 Å². The van der Waals surface area contributed by atoms with Gasteiger partial charge in [-0.25, -0.2) is 0 Å². The molecule has 10 heteroatoms. The fourth-order valence-corrected chi connectivity index (χ4v) is 3.88. The van der Waals surface area contributed by atoms with Crippen LogP contribution in [0.25, 0.3) is 0 Å². The van der Waals surface area contributed by atoms with Crippen LogP contribution < -0.4 is 11.1 Å². The second kappa shape index (κ2) is 8.97. The molecule has 6 nitrogen and oxygen atoms in total. The third-order valence-electron chi connectivity index (χ3n) is 5.16. The highest BCUT2D eigenvalue weighted by molar-refractivity contribution is 6.30. The zero-order valence-corrected chi connectivity index (χ0v) is 17.1. The predicted molar refractivity (Wildman–Crippen MR) is 110 cm³/mol. The molecule has 1 aliphatic rings. The molecule has 2 aromatic carbocycles. The molecule has 0 bridgehead atoms. The van der Waals surface area contributed by atoms with E-state index >= 15 is 0 Å². The lowest BCUT2D eigenvalue weighted by Gasteiger charge is -2.33. The van der Waals surface area contributed by atoms with Crippen molar-refractivity contribution in [1.82, 2.24) is 10.2 Å². The smallest absolute Gasteiger partial charge is 0.370 e. The van der Waals surface area contributed by atoms with Crippen LogP contribution in [0.4, 0.5) is 13.2 Å². The van der Waals surface area contributed by atoms with Gasteiger partial charge in [-0.1, -0.05) is 23.7 Å². The number of hydrogen-bond donors (Lipinski definition) is 3. The normalized spacial score (nSPS) is 14.9. The summed E-state index contributed by atoms with van der Waals surface area (Å²) in [6, 6.07) is 9.88. The van der Waals surface area contributed by atoms with Gasteiger partial charge in [-0.3, -0.25) is 20.3 Å². The van der Waals surface area contributed by atoms with E-state index in [2.05, 4.69) is 0 Å². The summed E-state index contributed by atoms with van der Waals surface area (Å²) < 4.78 is 41.1. The summed E-state index contributed by atoms with van der Waals surface area (Å²) in [5.74, 6) is -2.16. The number of hydrogen-bond acceptors (Lipinski definition) is 3. The van der Waals surface area contributed by atoms with Crippen LogP contribution in [0.5, 0.6) is 0 Å². The molecule has 0 atom stereocenters. The van der Waals surface area contributed by atoms with Gasteiger partial charge in [-0.05, 0) is 54.7 Å². The van der Waals surface area contributed by atoms with Crippen molar-refractivity contribution in [2.24, 2.45) is 5.73 Å². The second-order valence-corrected chi connectivity index (χ2v) is 7.68. The topological polar surface area (TPSA) is 99.3 Å². The summed E-state index contributed by atoms with van der Waals surface area (Å²) in [6.07, 6.45) is -3.95. The minimum absolute atomic E-state index is 0.0849. The lowest BCUT2D eigenvalue weighted by atomic mass is 9.85. The molecule has 31 heavy (non-hydrogen) atoms. The van der Waals surface area contributed by atoms with Gasteiger partial charge >= 0.3 is 6.18 Å². The maximum absolute atomic E-state index is 13.7. The van der Waals surface area contributed by atoms with Crippen molar-refractivity contribution in [3.8, 4) is 0 Å². The molecule has 1 fully saturated rings. The Morgan fingerprint density at radius 2 is 1.77 bits per heavy atom. The SMILES string of the molecule is N=C(N)NC(=O)c1ccc(C2CCN(C(=O)c3cccc(Cl)c3)CC2)c(C(F)(F)F)c1. The van der Waals surface area contributed by atoms with Crippen LogP contribution in [0.15, 0.2) is 42.5 Å². The Hall–Kier alpha value is -3.07. The Labute approximate surface area is 181 Å². The molecule has 0 aromatic heterocycles. The van der Waals surface area contributed by atoms with Gasteiger partial charge in [-0.2, -0.15) is 13.2 Å². The molecule has 0 radical (unpaired) electrons. The minimum atomic E-state index is -4.66. The molecule has 4 N–H and O–H groups in total. The lowest BCUT2D eigenvalue weighted by molar-refractivity contribution is -0.138. The number of nitrogens with two attached hydrogens (primary N) is 1. The fourth-order valence-electron chi connectivity index (χ4n) is 3.69. The first-order valence-corrected chi connectivity index (χ1v) is 9.85. The summed E-state index contributed by atoms with van der Waals surface area (Å²) >= 11 is 5.93. The largest absolute Gasteiger partial charge is 0.416 e. The Morgan fingerprint density at radius 1 is 1.10 bits per heavy atom. The van der Waals surface area contributed by atoms with Crippen LogP contribution in [0.2, 0.25) is 5.02 Å². The van der Waals surface area contributed by atoms with E-state index in [9.17, 15) is 22.8 Å². The number of rotatable bonds is 3. The van der Waals surface area contributed by atoms with E-state index in [0.29, 0.717) is 36.5 Å². The standard InChI is InChI=1S/C21H20ClF3N4O2/c22-15-3-1-2-14(10-15)19(31)29-8-6-12(7-9-29)16-5-4-13(18(30)28-20(26)27)11-17(16)21(23,24)25/h1-5,10-12H,6-9H2,(H4,26,27,28,30). The molecule has 1 aliphatic heterocycles. The molecule has 164 valence electrons. The van der Waals surface area contributed by atoms with Gasteiger partial charge in [0.05, 0.1) is 5.56 Å². The van der Waals surface area contributed by atoms with Gasteiger partial charge in [0.15, 0.2) is 5.96 Å². The van der Waals surface area contributed by atoms with Crippen molar-refractivity contribution in [1.29, 1.82) is 5.41 Å². The molecule has 0 spiro atoms. The lowest BCUT2D eigenvalue weighted by Crippen LogP contribution is -2.38. The summed E-state index contributed by atoms with van der Waals surface area (Å²) in [4.78, 5) is 26.2.